The largest absolute Gasteiger partial charge is 0.514 e. The van der Waals surface area contributed by atoms with E-state index >= 15 is 0 Å². The van der Waals surface area contributed by atoms with Crippen LogP contribution in [0.4, 0.5) is 29.3 Å². The van der Waals surface area contributed by atoms with Gasteiger partial charge in [0.15, 0.2) is 5.75 Å². The van der Waals surface area contributed by atoms with Crippen LogP contribution in [0.1, 0.15) is 20.8 Å². The van der Waals surface area contributed by atoms with Crippen LogP contribution in [-0.2, 0) is 18.5 Å². The number of rotatable bonds is 9. The molecule has 0 aliphatic carbocycles. The summed E-state index contributed by atoms with van der Waals surface area (Å²) in [5, 5.41) is 0. The van der Waals surface area contributed by atoms with E-state index in [1.165, 1.54) is 24.3 Å². The maximum Gasteiger partial charge on any atom is 0.514 e. The molecule has 0 fully saturated rings. The van der Waals surface area contributed by atoms with Gasteiger partial charge in [-0.05, 0) is 97.8 Å². The van der Waals surface area contributed by atoms with Gasteiger partial charge in [0.25, 0.3) is 10.1 Å². The summed E-state index contributed by atoms with van der Waals surface area (Å²) < 4.78 is 82.8. The van der Waals surface area contributed by atoms with Gasteiger partial charge in [-0.25, -0.2) is 8.42 Å². The molecule has 0 heterocycles. The van der Waals surface area contributed by atoms with Crippen LogP contribution in [0.15, 0.2) is 87.5 Å². The Labute approximate surface area is 246 Å². The van der Waals surface area contributed by atoms with Crippen molar-refractivity contribution in [2.45, 2.75) is 47.2 Å². The molecule has 0 aromatic heterocycles. The second kappa shape index (κ2) is 12.4. The number of halogens is 3. The van der Waals surface area contributed by atoms with Gasteiger partial charge in [-0.15, -0.1) is 0 Å². The lowest BCUT2D eigenvalue weighted by atomic mass is 10.2. The summed E-state index contributed by atoms with van der Waals surface area (Å²) in [7, 11) is -1.33. The van der Waals surface area contributed by atoms with Crippen molar-refractivity contribution in [3.8, 4) is 5.75 Å². The highest BCUT2D eigenvalue weighted by Crippen LogP contribution is 2.70. The molecule has 0 aliphatic heterocycles. The quantitative estimate of drug-likeness (QED) is 0.181. The first-order valence-corrected chi connectivity index (χ1v) is 15.8. The van der Waals surface area contributed by atoms with Crippen LogP contribution in [0, 0.1) is 0 Å². The Morgan fingerprint density at radius 1 is 0.762 bits per heavy atom. The van der Waals surface area contributed by atoms with Gasteiger partial charge in [-0.1, -0.05) is 6.07 Å². The van der Waals surface area contributed by atoms with Crippen molar-refractivity contribution >= 4 is 38.0 Å². The molecular weight excluding hydrogens is 593 g/mol. The van der Waals surface area contributed by atoms with Gasteiger partial charge >= 0.3 is 12.3 Å². The van der Waals surface area contributed by atoms with Crippen molar-refractivity contribution < 1.29 is 39.5 Å². The van der Waals surface area contributed by atoms with Crippen molar-refractivity contribution in [2.24, 2.45) is 0 Å². The Kier molecular flexibility index (Phi) is 9.80. The Balaban J connectivity index is 2.33. The first kappa shape index (κ1) is 33.1. The number of anilines is 2. The molecule has 3 aromatic carbocycles. The van der Waals surface area contributed by atoms with Crippen LogP contribution in [0.3, 0.4) is 0 Å². The first-order chi connectivity index (χ1) is 19.3. The Morgan fingerprint density at radius 3 is 1.64 bits per heavy atom. The predicted octanol–water partition coefficient (Wildman–Crippen LogP) is 7.24. The third kappa shape index (κ3) is 8.55. The van der Waals surface area contributed by atoms with E-state index in [1.54, 1.807) is 69.3 Å². The van der Waals surface area contributed by atoms with Gasteiger partial charge in [-0.2, -0.15) is 21.6 Å². The van der Waals surface area contributed by atoms with Crippen LogP contribution in [0.25, 0.3) is 0 Å². The number of carbonyl (C=O) groups is 1. The minimum atomic E-state index is -5.20. The maximum atomic E-state index is 13.4. The first-order valence-electron chi connectivity index (χ1n) is 12.7. The lowest BCUT2D eigenvalue weighted by Crippen LogP contribution is -2.26. The van der Waals surface area contributed by atoms with E-state index in [-0.39, 0.29) is 10.6 Å². The summed E-state index contributed by atoms with van der Waals surface area (Å²) in [5.74, 6) is -2.20. The summed E-state index contributed by atoms with van der Waals surface area (Å²) in [6.07, 6.45) is -6.05. The summed E-state index contributed by atoms with van der Waals surface area (Å²) >= 11 is 0. The van der Waals surface area contributed by atoms with Crippen molar-refractivity contribution in [3.05, 3.63) is 72.8 Å². The number of alkyl halides is 3. The molecule has 0 bridgehead atoms. The number of carbonyl (C=O) groups excluding carboxylic acids is 1. The smallest absolute Gasteiger partial charge is 0.428 e. The molecule has 230 valence electrons. The lowest BCUT2D eigenvalue weighted by molar-refractivity contribution is -0.107. The highest BCUT2D eigenvalue weighted by Gasteiger charge is 2.43. The van der Waals surface area contributed by atoms with E-state index in [4.69, 9.17) is 13.1 Å². The molecule has 0 saturated carbocycles. The molecule has 3 rings (SSSR count). The molecule has 0 aliphatic rings. The second-order valence-corrected chi connectivity index (χ2v) is 15.2. The minimum Gasteiger partial charge on any atom is -0.428 e. The molecule has 8 nitrogen and oxygen atoms in total. The van der Waals surface area contributed by atoms with Gasteiger partial charge in [0.2, 0.25) is 0 Å². The van der Waals surface area contributed by atoms with Crippen LogP contribution >= 0.6 is 10.3 Å². The van der Waals surface area contributed by atoms with Gasteiger partial charge < -0.3 is 19.3 Å². The van der Waals surface area contributed by atoms with Gasteiger partial charge in [0.1, 0.15) is 11.4 Å². The van der Waals surface area contributed by atoms with Crippen LogP contribution < -0.4 is 14.5 Å². The molecule has 0 amide bonds. The summed E-state index contributed by atoms with van der Waals surface area (Å²) in [6, 6.07) is 19.2. The third-order valence-corrected chi connectivity index (χ3v) is 10.8. The molecule has 0 atom stereocenters. The minimum absolute atomic E-state index is 0.00901. The van der Waals surface area contributed by atoms with Crippen molar-refractivity contribution in [3.63, 3.8) is 0 Å². The number of nitrogens with zero attached hydrogens (tertiary/aromatic N) is 2. The van der Waals surface area contributed by atoms with Crippen molar-refractivity contribution in [1.82, 2.24) is 0 Å². The topological polar surface area (TPSA) is 85.4 Å². The number of benzene rings is 3. The Bertz CT molecular complexity index is 1430. The fourth-order valence-corrected chi connectivity index (χ4v) is 9.05. The average Bonchev–Trinajstić information content (AvgIpc) is 2.85. The molecule has 0 spiro atoms. The number of hydrogen-bond acceptors (Lipinski definition) is 8. The standard InChI is InChI=1S/C29H35F3N2O6S2/c1-28(2,3)39-27(35)38-23-9-8-10-26(19-23)42(40-41(36,37)20-29(30,31)32,24-15-11-21(12-16-24)33(4)5)25-17-13-22(14-18-25)34(6)7/h8-19H,20H2,1-7H3. The zero-order valence-electron chi connectivity index (χ0n) is 24.4. The molecular formula is C29H35F3N2O6S2. The monoisotopic (exact) mass is 628 g/mol. The molecule has 0 unspecified atom stereocenters. The highest BCUT2D eigenvalue weighted by atomic mass is 32.3. The van der Waals surface area contributed by atoms with Crippen LogP contribution in [-0.4, -0.2) is 60.3 Å². The van der Waals surface area contributed by atoms with Crippen LogP contribution in [0.5, 0.6) is 5.75 Å². The average molecular weight is 629 g/mol. The molecule has 0 N–H and O–H groups in total. The summed E-state index contributed by atoms with van der Waals surface area (Å²) in [4.78, 5) is 16.9. The SMILES string of the molecule is CN(C)c1ccc(S(OS(=O)(=O)CC(F)(F)F)(c2ccc(N(C)C)cc2)c2cccc(OC(=O)OC(C)(C)C)c2)cc1. The van der Waals surface area contributed by atoms with Gasteiger partial charge in [0.05, 0.1) is 0 Å². The molecule has 42 heavy (non-hydrogen) atoms. The normalized spacial score (nSPS) is 12.9. The zero-order valence-corrected chi connectivity index (χ0v) is 26.1. The van der Waals surface area contributed by atoms with Gasteiger partial charge in [-0.3, -0.25) is 0 Å². The fourth-order valence-electron chi connectivity index (χ4n) is 3.86. The van der Waals surface area contributed by atoms with Gasteiger partial charge in [0, 0.05) is 54.3 Å². The van der Waals surface area contributed by atoms with E-state index in [0.29, 0.717) is 9.79 Å². The second-order valence-electron chi connectivity index (χ2n) is 10.8. The zero-order chi connectivity index (χ0) is 31.5. The Morgan fingerprint density at radius 2 is 1.24 bits per heavy atom. The van der Waals surface area contributed by atoms with Crippen molar-refractivity contribution in [2.75, 3.05) is 43.7 Å². The summed E-state index contributed by atoms with van der Waals surface area (Å²) in [5.41, 5.74) is 0.700. The van der Waals surface area contributed by atoms with E-state index in [0.717, 1.165) is 11.4 Å². The van der Waals surface area contributed by atoms with Crippen LogP contribution in [0.2, 0.25) is 0 Å². The van der Waals surface area contributed by atoms with E-state index in [2.05, 4.69) is 0 Å². The molecule has 13 heteroatoms. The fraction of sp³-hybridized carbons (Fsp3) is 0.345. The number of hydrogen-bond donors (Lipinski definition) is 0. The lowest BCUT2D eigenvalue weighted by Gasteiger charge is -2.40. The van der Waals surface area contributed by atoms with E-state index in [1.807, 2.05) is 38.0 Å². The third-order valence-electron chi connectivity index (χ3n) is 5.64. The van der Waals surface area contributed by atoms with Crippen molar-refractivity contribution in [1.29, 1.82) is 0 Å². The Hall–Kier alpha value is -3.42. The summed E-state index contributed by atoms with van der Waals surface area (Å²) in [6.45, 7) is 4.98. The molecule has 0 radical (unpaired) electrons. The highest BCUT2D eigenvalue weighted by molar-refractivity contribution is 8.33. The predicted molar refractivity (Wildman–Crippen MR) is 158 cm³/mol. The molecule has 0 saturated heterocycles. The number of ether oxygens (including phenoxy) is 2. The van der Waals surface area contributed by atoms with E-state index in [9.17, 15) is 26.4 Å². The van der Waals surface area contributed by atoms with E-state index < -0.39 is 44.1 Å². The molecule has 3 aromatic rings. The maximum absolute atomic E-state index is 13.4.